The first-order valence-corrected chi connectivity index (χ1v) is 9.06. The monoisotopic (exact) mass is 382 g/mol. The molecule has 6 nitrogen and oxygen atoms in total. The Labute approximate surface area is 156 Å². The zero-order valence-electron chi connectivity index (χ0n) is 14.0. The Balaban J connectivity index is 1.71. The number of carbonyl (C=O) groups is 1. The number of aliphatic carboxylic acids is 1. The van der Waals surface area contributed by atoms with Crippen LogP contribution in [0, 0.1) is 0 Å². The molecular formula is C17H20Cl2N4O2. The molecule has 134 valence electrons. The maximum absolute atomic E-state index is 11.0. The van der Waals surface area contributed by atoms with Gasteiger partial charge in [-0.3, -0.25) is 14.7 Å². The molecule has 0 bridgehead atoms. The Morgan fingerprint density at radius 1 is 1.28 bits per heavy atom. The predicted octanol–water partition coefficient (Wildman–Crippen LogP) is 3.31. The molecule has 8 heteroatoms. The third-order valence-electron chi connectivity index (χ3n) is 4.62. The number of carboxylic acids is 1. The van der Waals surface area contributed by atoms with Gasteiger partial charge in [-0.05, 0) is 31.5 Å². The van der Waals surface area contributed by atoms with Crippen molar-refractivity contribution in [1.82, 2.24) is 14.9 Å². The van der Waals surface area contributed by atoms with Crippen molar-refractivity contribution in [2.75, 3.05) is 31.1 Å². The summed E-state index contributed by atoms with van der Waals surface area (Å²) in [5, 5.41) is 9.96. The molecular weight excluding hydrogens is 363 g/mol. The van der Waals surface area contributed by atoms with Crippen LogP contribution in [-0.2, 0) is 4.79 Å². The summed E-state index contributed by atoms with van der Waals surface area (Å²) in [5.41, 5.74) is 1.43. The number of carboxylic acid groups (broad SMARTS) is 1. The fraction of sp³-hybridized carbons (Fsp3) is 0.471. The van der Waals surface area contributed by atoms with Gasteiger partial charge in [0.15, 0.2) is 0 Å². The number of benzene rings is 1. The van der Waals surface area contributed by atoms with E-state index in [4.69, 9.17) is 28.3 Å². The van der Waals surface area contributed by atoms with E-state index in [1.165, 1.54) is 0 Å². The van der Waals surface area contributed by atoms with Gasteiger partial charge < -0.3 is 10.0 Å². The van der Waals surface area contributed by atoms with Crippen molar-refractivity contribution in [1.29, 1.82) is 0 Å². The van der Waals surface area contributed by atoms with Crippen molar-refractivity contribution in [2.24, 2.45) is 0 Å². The first-order valence-electron chi connectivity index (χ1n) is 8.30. The largest absolute Gasteiger partial charge is 0.480 e. The van der Waals surface area contributed by atoms with E-state index in [1.807, 2.05) is 11.8 Å². The maximum atomic E-state index is 11.0. The minimum absolute atomic E-state index is 0.0935. The van der Waals surface area contributed by atoms with Crippen LogP contribution in [0.25, 0.3) is 11.0 Å². The Morgan fingerprint density at radius 2 is 1.92 bits per heavy atom. The molecule has 0 radical (unpaired) electrons. The van der Waals surface area contributed by atoms with Crippen LogP contribution in [0.1, 0.15) is 19.8 Å². The molecule has 0 unspecified atom stereocenters. The number of likely N-dealkylation sites (N-methyl/N-ethyl adjacent to an activating group) is 1. The van der Waals surface area contributed by atoms with E-state index in [1.54, 1.807) is 18.3 Å². The Kier molecular flexibility index (Phi) is 5.61. The molecule has 0 aliphatic carbocycles. The topological polar surface area (TPSA) is 69.6 Å². The number of hydrogen-bond acceptors (Lipinski definition) is 5. The molecule has 2 heterocycles. The van der Waals surface area contributed by atoms with E-state index >= 15 is 0 Å². The summed E-state index contributed by atoms with van der Waals surface area (Å²) in [6.45, 7) is 4.48. The molecule has 1 saturated heterocycles. The van der Waals surface area contributed by atoms with Gasteiger partial charge in [-0.1, -0.05) is 30.1 Å². The normalized spacial score (nSPS) is 15.9. The van der Waals surface area contributed by atoms with Crippen molar-refractivity contribution in [2.45, 2.75) is 25.8 Å². The van der Waals surface area contributed by atoms with Gasteiger partial charge in [0.05, 0.1) is 33.8 Å². The van der Waals surface area contributed by atoms with Gasteiger partial charge in [0.1, 0.15) is 5.82 Å². The van der Waals surface area contributed by atoms with Crippen LogP contribution >= 0.6 is 23.2 Å². The molecule has 1 fully saturated rings. The Hall–Kier alpha value is -1.63. The molecule has 1 N–H and O–H groups in total. The van der Waals surface area contributed by atoms with E-state index in [0.717, 1.165) is 43.8 Å². The fourth-order valence-corrected chi connectivity index (χ4v) is 3.60. The maximum Gasteiger partial charge on any atom is 0.317 e. The lowest BCUT2D eigenvalue weighted by Gasteiger charge is -2.37. The standard InChI is InChI=1S/C17H20Cl2N4O2/c1-2-22(10-17(24)25)11-3-5-23(6-4-11)16-9-20-14-7-12(18)13(19)8-15(14)21-16/h7-9,11H,2-6,10H2,1H3,(H,24,25). The lowest BCUT2D eigenvalue weighted by atomic mass is 10.0. The summed E-state index contributed by atoms with van der Waals surface area (Å²) in [7, 11) is 0. The number of aromatic nitrogens is 2. The van der Waals surface area contributed by atoms with Gasteiger partial charge in [0.2, 0.25) is 0 Å². The van der Waals surface area contributed by atoms with Crippen LogP contribution in [0.15, 0.2) is 18.3 Å². The van der Waals surface area contributed by atoms with Crippen LogP contribution in [0.2, 0.25) is 10.0 Å². The predicted molar refractivity (Wildman–Crippen MR) is 99.7 cm³/mol. The average molecular weight is 383 g/mol. The van der Waals surface area contributed by atoms with Crippen molar-refractivity contribution in [3.63, 3.8) is 0 Å². The Morgan fingerprint density at radius 3 is 2.52 bits per heavy atom. The summed E-state index contributed by atoms with van der Waals surface area (Å²) in [4.78, 5) is 24.3. The van der Waals surface area contributed by atoms with Crippen LogP contribution in [-0.4, -0.2) is 58.2 Å². The summed E-state index contributed by atoms with van der Waals surface area (Å²) in [6, 6.07) is 3.74. The van der Waals surface area contributed by atoms with Crippen LogP contribution in [0.5, 0.6) is 0 Å². The molecule has 2 aromatic rings. The van der Waals surface area contributed by atoms with Crippen LogP contribution in [0.3, 0.4) is 0 Å². The first-order chi connectivity index (χ1) is 12.0. The zero-order chi connectivity index (χ0) is 18.0. The number of fused-ring (bicyclic) bond motifs is 1. The highest BCUT2D eigenvalue weighted by Crippen LogP contribution is 2.28. The van der Waals surface area contributed by atoms with Crippen molar-refractivity contribution in [3.8, 4) is 0 Å². The lowest BCUT2D eigenvalue weighted by molar-refractivity contribution is -0.139. The van der Waals surface area contributed by atoms with Gasteiger partial charge in [-0.15, -0.1) is 0 Å². The smallest absolute Gasteiger partial charge is 0.317 e. The molecule has 1 aromatic heterocycles. The van der Waals surface area contributed by atoms with E-state index in [-0.39, 0.29) is 6.54 Å². The molecule has 25 heavy (non-hydrogen) atoms. The number of hydrogen-bond donors (Lipinski definition) is 1. The van der Waals surface area contributed by atoms with Crippen molar-refractivity contribution >= 4 is 46.0 Å². The Bertz CT molecular complexity index is 779. The highest BCUT2D eigenvalue weighted by molar-refractivity contribution is 6.42. The van der Waals surface area contributed by atoms with Crippen molar-refractivity contribution in [3.05, 3.63) is 28.4 Å². The number of piperidine rings is 1. The zero-order valence-corrected chi connectivity index (χ0v) is 15.5. The summed E-state index contributed by atoms with van der Waals surface area (Å²) < 4.78 is 0. The molecule has 0 spiro atoms. The second-order valence-corrected chi connectivity index (χ2v) is 6.97. The van der Waals surface area contributed by atoms with Gasteiger partial charge in [0, 0.05) is 19.1 Å². The molecule has 0 saturated carbocycles. The quantitative estimate of drug-likeness (QED) is 0.855. The molecule has 1 aromatic carbocycles. The summed E-state index contributed by atoms with van der Waals surface area (Å²) >= 11 is 12.1. The van der Waals surface area contributed by atoms with Gasteiger partial charge >= 0.3 is 5.97 Å². The SMILES string of the molecule is CCN(CC(=O)O)C1CCN(c2cnc3cc(Cl)c(Cl)cc3n2)CC1. The molecule has 0 amide bonds. The summed E-state index contributed by atoms with van der Waals surface area (Å²) in [5.74, 6) is 0.0332. The fourth-order valence-electron chi connectivity index (χ4n) is 3.28. The molecule has 1 aliphatic heterocycles. The second kappa shape index (κ2) is 7.72. The first kappa shape index (κ1) is 18.2. The molecule has 1 aliphatic rings. The van der Waals surface area contributed by atoms with E-state index in [0.29, 0.717) is 21.6 Å². The van der Waals surface area contributed by atoms with Gasteiger partial charge in [-0.25, -0.2) is 4.98 Å². The van der Waals surface area contributed by atoms with E-state index < -0.39 is 5.97 Å². The number of rotatable bonds is 5. The molecule has 0 atom stereocenters. The van der Waals surface area contributed by atoms with Gasteiger partial charge in [0.25, 0.3) is 0 Å². The second-order valence-electron chi connectivity index (χ2n) is 6.16. The third-order valence-corrected chi connectivity index (χ3v) is 5.34. The highest BCUT2D eigenvalue weighted by atomic mass is 35.5. The van der Waals surface area contributed by atoms with Gasteiger partial charge in [-0.2, -0.15) is 0 Å². The van der Waals surface area contributed by atoms with Crippen molar-refractivity contribution < 1.29 is 9.90 Å². The summed E-state index contributed by atoms with van der Waals surface area (Å²) in [6.07, 6.45) is 3.56. The number of anilines is 1. The van der Waals surface area contributed by atoms with Crippen LogP contribution in [0.4, 0.5) is 5.82 Å². The minimum Gasteiger partial charge on any atom is -0.480 e. The lowest BCUT2D eigenvalue weighted by Crippen LogP contribution is -2.46. The van der Waals surface area contributed by atoms with Crippen LogP contribution < -0.4 is 4.90 Å². The number of halogens is 2. The highest BCUT2D eigenvalue weighted by Gasteiger charge is 2.25. The minimum atomic E-state index is -0.778. The average Bonchev–Trinajstić information content (AvgIpc) is 2.60. The van der Waals surface area contributed by atoms with E-state index in [9.17, 15) is 4.79 Å². The number of nitrogens with zero attached hydrogens (tertiary/aromatic N) is 4. The molecule has 3 rings (SSSR count). The van der Waals surface area contributed by atoms with E-state index in [2.05, 4.69) is 14.9 Å². The third kappa shape index (κ3) is 4.14.